The molecular weight excluding hydrogens is 322 g/mol. The summed E-state index contributed by atoms with van der Waals surface area (Å²) >= 11 is 1.43. The van der Waals surface area contributed by atoms with Gasteiger partial charge in [-0.2, -0.15) is 0 Å². The molecule has 0 radical (unpaired) electrons. The van der Waals surface area contributed by atoms with Gasteiger partial charge in [0.25, 0.3) is 0 Å². The molecule has 6 heteroatoms. The number of fused-ring (bicyclic) bond motifs is 1. The Morgan fingerprint density at radius 3 is 2.71 bits per heavy atom. The number of carbonyl (C=O) groups is 1. The van der Waals surface area contributed by atoms with Crippen LogP contribution in [-0.4, -0.2) is 21.3 Å². The average Bonchev–Trinajstić information content (AvgIpc) is 2.93. The lowest BCUT2D eigenvalue weighted by Gasteiger charge is -2.12. The van der Waals surface area contributed by atoms with Gasteiger partial charge in [-0.1, -0.05) is 35.1 Å². The summed E-state index contributed by atoms with van der Waals surface area (Å²) in [4.78, 5) is 17.0. The van der Waals surface area contributed by atoms with Gasteiger partial charge in [0.05, 0.1) is 15.8 Å². The maximum atomic E-state index is 12.3. The number of anilines is 1. The second-order valence-electron chi connectivity index (χ2n) is 5.82. The van der Waals surface area contributed by atoms with Crippen LogP contribution < -0.4 is 5.32 Å². The van der Waals surface area contributed by atoms with Gasteiger partial charge in [-0.3, -0.25) is 4.79 Å². The minimum Gasteiger partial charge on any atom is -0.360 e. The van der Waals surface area contributed by atoms with E-state index in [0.29, 0.717) is 11.6 Å². The molecule has 124 valence electrons. The zero-order valence-electron chi connectivity index (χ0n) is 14.1. The van der Waals surface area contributed by atoms with Crippen molar-refractivity contribution in [2.75, 3.05) is 5.32 Å². The minimum atomic E-state index is -0.296. The lowest BCUT2D eigenvalue weighted by Crippen LogP contribution is -2.22. The molecule has 0 spiro atoms. The maximum absolute atomic E-state index is 12.3. The fraction of sp³-hybridized carbons (Fsp3) is 0.278. The number of nitrogens with zero attached hydrogens (tertiary/aromatic N) is 2. The highest BCUT2D eigenvalue weighted by Crippen LogP contribution is 2.28. The fourth-order valence-electron chi connectivity index (χ4n) is 2.48. The van der Waals surface area contributed by atoms with E-state index >= 15 is 0 Å². The van der Waals surface area contributed by atoms with Crippen LogP contribution in [0.5, 0.6) is 0 Å². The van der Waals surface area contributed by atoms with Crippen LogP contribution in [0.2, 0.25) is 0 Å². The highest BCUT2D eigenvalue weighted by molar-refractivity contribution is 8.00. The topological polar surface area (TPSA) is 68.0 Å². The number of rotatable bonds is 4. The second kappa shape index (κ2) is 6.65. The Morgan fingerprint density at radius 1 is 1.21 bits per heavy atom. The Kier molecular flexibility index (Phi) is 4.57. The van der Waals surface area contributed by atoms with E-state index in [2.05, 4.69) is 23.5 Å². The summed E-state index contributed by atoms with van der Waals surface area (Å²) in [6, 6.07) is 9.87. The number of aromatic nitrogens is 2. The summed E-state index contributed by atoms with van der Waals surface area (Å²) < 4.78 is 4.96. The molecule has 1 aromatic carbocycles. The number of amides is 1. The number of aryl methyl sites for hydroxylation is 3. The molecule has 2 heterocycles. The molecule has 1 atom stereocenters. The fourth-order valence-corrected chi connectivity index (χ4v) is 3.40. The van der Waals surface area contributed by atoms with Gasteiger partial charge in [0.2, 0.25) is 5.91 Å². The van der Waals surface area contributed by atoms with E-state index < -0.39 is 0 Å². The molecule has 0 unspecified atom stereocenters. The van der Waals surface area contributed by atoms with E-state index in [1.54, 1.807) is 13.0 Å². The van der Waals surface area contributed by atoms with Crippen LogP contribution in [0.3, 0.4) is 0 Å². The summed E-state index contributed by atoms with van der Waals surface area (Å²) in [7, 11) is 0. The molecule has 5 nitrogen and oxygen atoms in total. The van der Waals surface area contributed by atoms with Crippen molar-refractivity contribution in [3.8, 4) is 0 Å². The lowest BCUT2D eigenvalue weighted by atomic mass is 10.1. The molecule has 0 aliphatic heterocycles. The number of hydrogen-bond acceptors (Lipinski definition) is 5. The van der Waals surface area contributed by atoms with Gasteiger partial charge >= 0.3 is 0 Å². The van der Waals surface area contributed by atoms with Crippen LogP contribution in [0.25, 0.3) is 10.9 Å². The Labute approximate surface area is 144 Å². The van der Waals surface area contributed by atoms with Gasteiger partial charge in [-0.15, -0.1) is 0 Å². The number of pyridine rings is 1. The molecule has 0 saturated heterocycles. The molecule has 3 rings (SSSR count). The van der Waals surface area contributed by atoms with Crippen LogP contribution in [0.4, 0.5) is 5.82 Å². The quantitative estimate of drug-likeness (QED) is 0.718. The third kappa shape index (κ3) is 3.43. The van der Waals surface area contributed by atoms with Gasteiger partial charge in [-0.05, 0) is 44.9 Å². The zero-order chi connectivity index (χ0) is 17.3. The number of benzene rings is 1. The molecule has 3 aromatic rings. The largest absolute Gasteiger partial charge is 0.360 e. The monoisotopic (exact) mass is 341 g/mol. The van der Waals surface area contributed by atoms with Crippen molar-refractivity contribution in [3.05, 3.63) is 47.2 Å². The van der Waals surface area contributed by atoms with Crippen molar-refractivity contribution in [3.63, 3.8) is 0 Å². The summed E-state index contributed by atoms with van der Waals surface area (Å²) in [5, 5.41) is 8.23. The SMILES string of the molecule is Cc1cc(NC(=O)[C@H](C)Sc2cc(C)c3cccc(C)c3n2)no1. The molecule has 1 N–H and O–H groups in total. The number of thioether (sulfide) groups is 1. The molecule has 0 saturated carbocycles. The van der Waals surface area contributed by atoms with Crippen LogP contribution in [-0.2, 0) is 4.79 Å². The second-order valence-corrected chi connectivity index (χ2v) is 7.18. The highest BCUT2D eigenvalue weighted by Gasteiger charge is 2.17. The van der Waals surface area contributed by atoms with Crippen LogP contribution in [0.15, 0.2) is 39.9 Å². The van der Waals surface area contributed by atoms with Crippen molar-refractivity contribution in [1.82, 2.24) is 10.1 Å². The summed E-state index contributed by atoms with van der Waals surface area (Å²) in [5.74, 6) is 0.967. The molecular formula is C18H19N3O2S. The van der Waals surface area contributed by atoms with Crippen molar-refractivity contribution < 1.29 is 9.32 Å². The van der Waals surface area contributed by atoms with E-state index in [0.717, 1.165) is 27.1 Å². The Balaban J connectivity index is 1.78. The first-order valence-electron chi connectivity index (χ1n) is 7.72. The Morgan fingerprint density at radius 2 is 2.00 bits per heavy atom. The van der Waals surface area contributed by atoms with Crippen LogP contribution in [0, 0.1) is 20.8 Å². The standard InChI is InChI=1S/C18H19N3O2S/c1-10-6-5-7-14-11(2)8-16(20-17(10)14)24-13(4)18(22)19-15-9-12(3)23-21-15/h5-9,13H,1-4H3,(H,19,21,22)/t13-/m0/s1. The molecule has 2 aromatic heterocycles. The van der Waals surface area contributed by atoms with Gasteiger partial charge in [-0.25, -0.2) is 4.98 Å². The van der Waals surface area contributed by atoms with E-state index in [-0.39, 0.29) is 11.2 Å². The molecule has 0 fully saturated rings. The molecule has 0 aliphatic rings. The summed E-state index contributed by atoms with van der Waals surface area (Å²) in [5.41, 5.74) is 3.28. The van der Waals surface area contributed by atoms with Crippen molar-refractivity contribution in [2.45, 2.75) is 38.0 Å². The summed E-state index contributed by atoms with van der Waals surface area (Å²) in [6.45, 7) is 7.75. The minimum absolute atomic E-state index is 0.127. The van der Waals surface area contributed by atoms with Crippen molar-refractivity contribution in [1.29, 1.82) is 0 Å². The zero-order valence-corrected chi connectivity index (χ0v) is 14.9. The highest BCUT2D eigenvalue weighted by atomic mass is 32.2. The maximum Gasteiger partial charge on any atom is 0.238 e. The van der Waals surface area contributed by atoms with E-state index in [1.807, 2.05) is 32.0 Å². The van der Waals surface area contributed by atoms with E-state index in [1.165, 1.54) is 11.8 Å². The van der Waals surface area contributed by atoms with Crippen LogP contribution in [0.1, 0.15) is 23.8 Å². The number of carbonyl (C=O) groups excluding carboxylic acids is 1. The smallest absolute Gasteiger partial charge is 0.238 e. The van der Waals surface area contributed by atoms with Gasteiger partial charge in [0.15, 0.2) is 5.82 Å². The first kappa shape index (κ1) is 16.5. The predicted molar refractivity (Wildman–Crippen MR) is 96.4 cm³/mol. The summed E-state index contributed by atoms with van der Waals surface area (Å²) in [6.07, 6.45) is 0. The normalized spacial score (nSPS) is 12.3. The average molecular weight is 341 g/mol. The molecule has 1 amide bonds. The third-order valence-electron chi connectivity index (χ3n) is 3.77. The number of nitrogens with one attached hydrogen (secondary N) is 1. The van der Waals surface area contributed by atoms with E-state index in [9.17, 15) is 4.79 Å². The van der Waals surface area contributed by atoms with Crippen LogP contribution >= 0.6 is 11.8 Å². The van der Waals surface area contributed by atoms with Crippen molar-refractivity contribution in [2.24, 2.45) is 0 Å². The van der Waals surface area contributed by atoms with Gasteiger partial charge in [0, 0.05) is 11.5 Å². The Bertz CT molecular complexity index is 904. The van der Waals surface area contributed by atoms with Gasteiger partial charge < -0.3 is 9.84 Å². The Hall–Kier alpha value is -2.34. The van der Waals surface area contributed by atoms with Crippen molar-refractivity contribution >= 4 is 34.4 Å². The predicted octanol–water partition coefficient (Wildman–Crippen LogP) is 4.27. The number of para-hydroxylation sites is 1. The first-order valence-corrected chi connectivity index (χ1v) is 8.60. The first-order chi connectivity index (χ1) is 11.4. The molecule has 24 heavy (non-hydrogen) atoms. The lowest BCUT2D eigenvalue weighted by molar-refractivity contribution is -0.115. The molecule has 0 bridgehead atoms. The number of hydrogen-bond donors (Lipinski definition) is 1. The van der Waals surface area contributed by atoms with E-state index in [4.69, 9.17) is 9.51 Å². The third-order valence-corrected chi connectivity index (χ3v) is 4.79. The molecule has 0 aliphatic carbocycles. The van der Waals surface area contributed by atoms with Gasteiger partial charge in [0.1, 0.15) is 5.76 Å².